The number of rotatable bonds is 6. The summed E-state index contributed by atoms with van der Waals surface area (Å²) < 4.78 is 0. The van der Waals surface area contributed by atoms with Crippen LogP contribution in [-0.4, -0.2) is 86.5 Å². The standard InChI is InChI=1S/C28H36ClN3O7/c1-11(2)12(3)32(6)10-14-9-17(33)19-15(21(14)29)7-13-8-16-22(31(4)5)24(35)20(27(30)38)26(37)28(16,39)25(36)18(13)23(19)34/h9,11-13,16,22,33,35-36,39H,7-8,10H2,1-6H3,(H2,30,38)/t12-,13+,16+,22+,28+/m1/s1. The van der Waals surface area contributed by atoms with Gasteiger partial charge in [-0.25, -0.2) is 0 Å². The molecule has 1 aromatic rings. The number of hydrogen-bond acceptors (Lipinski definition) is 9. The smallest absolute Gasteiger partial charge is 0.255 e. The van der Waals surface area contributed by atoms with E-state index in [4.69, 9.17) is 17.3 Å². The van der Waals surface area contributed by atoms with E-state index in [9.17, 15) is 34.8 Å². The summed E-state index contributed by atoms with van der Waals surface area (Å²) in [6.45, 7) is 6.73. The maximum Gasteiger partial charge on any atom is 0.255 e. The van der Waals surface area contributed by atoms with Crippen molar-refractivity contribution in [1.82, 2.24) is 9.80 Å². The number of amides is 1. The molecule has 0 saturated heterocycles. The van der Waals surface area contributed by atoms with E-state index in [0.717, 1.165) is 0 Å². The summed E-state index contributed by atoms with van der Waals surface area (Å²) in [5.74, 6) is -6.48. The van der Waals surface area contributed by atoms with Gasteiger partial charge in [0.05, 0.1) is 11.6 Å². The first-order valence-electron chi connectivity index (χ1n) is 12.9. The van der Waals surface area contributed by atoms with Crippen molar-refractivity contribution in [3.63, 3.8) is 0 Å². The van der Waals surface area contributed by atoms with Gasteiger partial charge in [0.2, 0.25) is 5.78 Å². The lowest BCUT2D eigenvalue weighted by molar-refractivity contribution is -0.148. The van der Waals surface area contributed by atoms with E-state index < -0.39 is 58.0 Å². The third kappa shape index (κ3) is 4.25. The molecule has 6 N–H and O–H groups in total. The molecule has 0 saturated carbocycles. The molecule has 0 aromatic heterocycles. The van der Waals surface area contributed by atoms with Crippen molar-refractivity contribution in [1.29, 1.82) is 0 Å². The Hall–Kier alpha value is -2.92. The normalized spacial score (nSPS) is 27.7. The number of phenolic OH excluding ortho intramolecular Hbond substituents is 1. The highest BCUT2D eigenvalue weighted by atomic mass is 35.5. The number of likely N-dealkylation sites (N-methyl/N-ethyl adjacent to an activating group) is 1. The Morgan fingerprint density at radius 2 is 1.79 bits per heavy atom. The molecular weight excluding hydrogens is 526 g/mol. The number of ketones is 2. The maximum absolute atomic E-state index is 13.8. The zero-order chi connectivity index (χ0) is 29.3. The number of allylic oxidation sites excluding steroid dienone is 1. The van der Waals surface area contributed by atoms with E-state index in [2.05, 4.69) is 25.7 Å². The molecule has 4 rings (SSSR count). The number of fused-ring (bicyclic) bond motifs is 3. The fourth-order valence-corrected chi connectivity index (χ4v) is 6.68. The van der Waals surface area contributed by atoms with Crippen LogP contribution < -0.4 is 5.73 Å². The highest BCUT2D eigenvalue weighted by Crippen LogP contribution is 2.53. The highest BCUT2D eigenvalue weighted by molar-refractivity contribution is 6.33. The molecule has 5 atom stereocenters. The number of primary amides is 1. The zero-order valence-electron chi connectivity index (χ0n) is 22.9. The van der Waals surface area contributed by atoms with Crippen molar-refractivity contribution in [2.24, 2.45) is 23.5 Å². The van der Waals surface area contributed by atoms with Crippen LogP contribution in [0.1, 0.15) is 48.7 Å². The summed E-state index contributed by atoms with van der Waals surface area (Å²) in [7, 11) is 5.12. The summed E-state index contributed by atoms with van der Waals surface area (Å²) in [4.78, 5) is 42.8. The Labute approximate surface area is 232 Å². The number of hydrogen-bond donors (Lipinski definition) is 5. The topological polar surface area (TPSA) is 165 Å². The van der Waals surface area contributed by atoms with Gasteiger partial charge in [-0.1, -0.05) is 25.4 Å². The quantitative estimate of drug-likeness (QED) is 0.327. The molecule has 0 radical (unpaired) electrons. The van der Waals surface area contributed by atoms with Gasteiger partial charge in [-0.05, 0) is 69.9 Å². The number of carbonyl (C=O) groups is 3. The average Bonchev–Trinajstić information content (AvgIpc) is 2.83. The number of aromatic hydroxyl groups is 1. The maximum atomic E-state index is 13.8. The first-order chi connectivity index (χ1) is 18.0. The molecule has 3 aliphatic rings. The molecule has 1 aromatic carbocycles. The third-order valence-electron chi connectivity index (χ3n) is 8.81. The predicted octanol–water partition coefficient (Wildman–Crippen LogP) is 2.25. The molecule has 212 valence electrons. The van der Waals surface area contributed by atoms with Crippen molar-refractivity contribution in [2.45, 2.75) is 57.8 Å². The van der Waals surface area contributed by atoms with E-state index in [0.29, 0.717) is 28.6 Å². The number of phenols is 1. The molecule has 0 bridgehead atoms. The number of carbonyl (C=O) groups excluding carboxylic acids is 3. The Balaban J connectivity index is 1.86. The lowest BCUT2D eigenvalue weighted by atomic mass is 9.58. The van der Waals surface area contributed by atoms with E-state index in [1.165, 1.54) is 11.0 Å². The minimum absolute atomic E-state index is 0.0113. The molecule has 3 aliphatic carbocycles. The van der Waals surface area contributed by atoms with Gasteiger partial charge >= 0.3 is 0 Å². The number of nitrogens with zero attached hydrogens (tertiary/aromatic N) is 2. The number of nitrogens with two attached hydrogens (primary N) is 1. The van der Waals surface area contributed by atoms with E-state index in [1.807, 2.05) is 7.05 Å². The number of Topliss-reactive ketones (excluding diaryl/α,β-unsaturated/α-hetero) is 2. The van der Waals surface area contributed by atoms with Gasteiger partial charge in [0, 0.05) is 29.1 Å². The fourth-order valence-electron chi connectivity index (χ4n) is 6.39. The predicted molar refractivity (Wildman–Crippen MR) is 144 cm³/mol. The largest absolute Gasteiger partial charge is 0.510 e. The summed E-state index contributed by atoms with van der Waals surface area (Å²) in [6, 6.07) is 0.610. The molecule has 10 nitrogen and oxygen atoms in total. The van der Waals surface area contributed by atoms with Crippen LogP contribution in [0, 0.1) is 17.8 Å². The van der Waals surface area contributed by atoms with Crippen molar-refractivity contribution >= 4 is 29.1 Å². The molecule has 0 fully saturated rings. The van der Waals surface area contributed by atoms with Gasteiger partial charge in [-0.15, -0.1) is 0 Å². The van der Waals surface area contributed by atoms with Crippen molar-refractivity contribution in [3.8, 4) is 5.75 Å². The van der Waals surface area contributed by atoms with Crippen LogP contribution >= 0.6 is 11.6 Å². The molecule has 11 heteroatoms. The fraction of sp³-hybridized carbons (Fsp3) is 0.536. The minimum Gasteiger partial charge on any atom is -0.510 e. The van der Waals surface area contributed by atoms with Crippen LogP contribution in [0.5, 0.6) is 5.75 Å². The molecular formula is C28H36ClN3O7. The lowest BCUT2D eigenvalue weighted by Gasteiger charge is -2.50. The molecule has 1 amide bonds. The van der Waals surface area contributed by atoms with Crippen LogP contribution in [0.2, 0.25) is 5.02 Å². The number of halogens is 1. The Morgan fingerprint density at radius 3 is 2.33 bits per heavy atom. The summed E-state index contributed by atoms with van der Waals surface area (Å²) in [5, 5.41) is 45.1. The SMILES string of the molecule is CC(C)[C@@H](C)N(C)Cc1cc(O)c2c(c1Cl)C[C@H]1C[C@H]3[C@H](N(C)C)C(O)=C(C(N)=O)C(=O)[C@@]3(O)C(O)=C1C2=O. The summed E-state index contributed by atoms with van der Waals surface area (Å²) >= 11 is 6.82. The van der Waals surface area contributed by atoms with Crippen LogP contribution in [0.4, 0.5) is 0 Å². The second-order valence-corrected chi connectivity index (χ2v) is 12.0. The van der Waals surface area contributed by atoms with Crippen molar-refractivity contribution in [2.75, 3.05) is 21.1 Å². The van der Waals surface area contributed by atoms with Gasteiger partial charge in [0.25, 0.3) is 5.91 Å². The third-order valence-corrected chi connectivity index (χ3v) is 9.28. The van der Waals surface area contributed by atoms with Gasteiger partial charge < -0.3 is 26.2 Å². The molecule has 0 aliphatic heterocycles. The summed E-state index contributed by atoms with van der Waals surface area (Å²) in [6.07, 6.45) is 0.162. The van der Waals surface area contributed by atoms with Gasteiger partial charge in [-0.3, -0.25) is 24.2 Å². The Kier molecular flexibility index (Phi) is 7.40. The van der Waals surface area contributed by atoms with Crippen molar-refractivity contribution < 1.29 is 34.8 Å². The van der Waals surface area contributed by atoms with Gasteiger partial charge in [-0.2, -0.15) is 0 Å². The second kappa shape index (κ2) is 9.92. The van der Waals surface area contributed by atoms with Crippen LogP contribution in [0.15, 0.2) is 28.7 Å². The number of aliphatic hydroxyl groups is 3. The first kappa shape index (κ1) is 29.1. The van der Waals surface area contributed by atoms with E-state index in [1.54, 1.807) is 14.1 Å². The summed E-state index contributed by atoms with van der Waals surface area (Å²) in [5.41, 5.74) is 2.62. The van der Waals surface area contributed by atoms with E-state index in [-0.39, 0.29) is 35.8 Å². The Bertz CT molecular complexity index is 1330. The minimum atomic E-state index is -2.67. The lowest BCUT2D eigenvalue weighted by Crippen LogP contribution is -2.63. The first-order valence-corrected chi connectivity index (χ1v) is 13.3. The van der Waals surface area contributed by atoms with E-state index >= 15 is 0 Å². The Morgan fingerprint density at radius 1 is 1.18 bits per heavy atom. The highest BCUT2D eigenvalue weighted by Gasteiger charge is 2.63. The van der Waals surface area contributed by atoms with Gasteiger partial charge in [0.15, 0.2) is 11.4 Å². The second-order valence-electron chi connectivity index (χ2n) is 11.6. The van der Waals surface area contributed by atoms with Gasteiger partial charge in [0.1, 0.15) is 22.8 Å². The average molecular weight is 562 g/mol. The molecule has 0 spiro atoms. The van der Waals surface area contributed by atoms with Crippen LogP contribution in [0.3, 0.4) is 0 Å². The molecule has 0 heterocycles. The van der Waals surface area contributed by atoms with Crippen LogP contribution in [0.25, 0.3) is 0 Å². The zero-order valence-corrected chi connectivity index (χ0v) is 23.7. The van der Waals surface area contributed by atoms with Crippen LogP contribution in [-0.2, 0) is 22.6 Å². The number of aliphatic hydroxyl groups excluding tert-OH is 2. The monoisotopic (exact) mass is 561 g/mol. The van der Waals surface area contributed by atoms with Crippen molar-refractivity contribution in [3.05, 3.63) is 50.4 Å². The molecule has 0 unspecified atom stereocenters. The number of benzene rings is 1. The molecule has 39 heavy (non-hydrogen) atoms.